The van der Waals surface area contributed by atoms with Crippen LogP contribution in [0, 0.1) is 0 Å². The Morgan fingerprint density at radius 3 is 2.38 bits per heavy atom. The van der Waals surface area contributed by atoms with E-state index in [9.17, 15) is 9.59 Å². The van der Waals surface area contributed by atoms with Crippen LogP contribution in [0.4, 0.5) is 5.69 Å². The molecule has 1 aliphatic rings. The lowest BCUT2D eigenvalue weighted by molar-refractivity contribution is -0.130. The van der Waals surface area contributed by atoms with Gasteiger partial charge in [0.05, 0.1) is 20.8 Å². The van der Waals surface area contributed by atoms with Crippen LogP contribution in [0.1, 0.15) is 10.4 Å². The summed E-state index contributed by atoms with van der Waals surface area (Å²) in [7, 11) is 3.04. The van der Waals surface area contributed by atoms with Crippen LogP contribution in [0.15, 0.2) is 42.5 Å². The fourth-order valence-electron chi connectivity index (χ4n) is 3.23. The molecule has 1 N–H and O–H groups in total. The second kappa shape index (κ2) is 9.52. The third-order valence-electron chi connectivity index (χ3n) is 4.85. The minimum atomic E-state index is -0.336. The Kier molecular flexibility index (Phi) is 6.82. The summed E-state index contributed by atoms with van der Waals surface area (Å²) in [5, 5.41) is 3.37. The molecular weight excluding hydrogens is 394 g/mol. The first-order chi connectivity index (χ1) is 14.0. The van der Waals surface area contributed by atoms with Crippen LogP contribution in [-0.2, 0) is 4.79 Å². The highest BCUT2D eigenvalue weighted by Crippen LogP contribution is 2.27. The van der Waals surface area contributed by atoms with Gasteiger partial charge in [0.25, 0.3) is 5.91 Å². The van der Waals surface area contributed by atoms with Gasteiger partial charge >= 0.3 is 0 Å². The van der Waals surface area contributed by atoms with Gasteiger partial charge in [-0.1, -0.05) is 17.7 Å². The number of rotatable bonds is 6. The maximum absolute atomic E-state index is 12.5. The standard InChI is InChI=1S/C21H24ClN3O4/c1-28-18-7-6-15(12-19(18)29-2)21(27)23-14-20(26)25-10-8-24(9-11-25)17-5-3-4-16(22)13-17/h3-7,12-13H,8-11,14H2,1-2H3,(H,23,27). The smallest absolute Gasteiger partial charge is 0.251 e. The molecule has 29 heavy (non-hydrogen) atoms. The van der Waals surface area contributed by atoms with Gasteiger partial charge in [-0.3, -0.25) is 9.59 Å². The van der Waals surface area contributed by atoms with Crippen LogP contribution < -0.4 is 19.7 Å². The molecular formula is C21H24ClN3O4. The quantitative estimate of drug-likeness (QED) is 0.781. The fraction of sp³-hybridized carbons (Fsp3) is 0.333. The summed E-state index contributed by atoms with van der Waals surface area (Å²) in [4.78, 5) is 28.8. The van der Waals surface area contributed by atoms with E-state index in [-0.39, 0.29) is 18.4 Å². The van der Waals surface area contributed by atoms with Crippen molar-refractivity contribution in [3.8, 4) is 11.5 Å². The van der Waals surface area contributed by atoms with E-state index in [2.05, 4.69) is 10.2 Å². The highest BCUT2D eigenvalue weighted by Gasteiger charge is 2.22. The van der Waals surface area contributed by atoms with Crippen molar-refractivity contribution in [3.63, 3.8) is 0 Å². The topological polar surface area (TPSA) is 71.1 Å². The number of ether oxygens (including phenoxy) is 2. The first-order valence-corrected chi connectivity index (χ1v) is 9.68. The fourth-order valence-corrected chi connectivity index (χ4v) is 3.42. The van der Waals surface area contributed by atoms with E-state index in [0.29, 0.717) is 35.2 Å². The molecule has 2 aromatic carbocycles. The van der Waals surface area contributed by atoms with Crippen molar-refractivity contribution in [2.75, 3.05) is 51.8 Å². The highest BCUT2D eigenvalue weighted by molar-refractivity contribution is 6.30. The first kappa shape index (κ1) is 20.8. The number of hydrogen-bond donors (Lipinski definition) is 1. The third kappa shape index (κ3) is 5.12. The summed E-state index contributed by atoms with van der Waals surface area (Å²) in [5.41, 5.74) is 1.45. The van der Waals surface area contributed by atoms with E-state index >= 15 is 0 Å². The zero-order valence-electron chi connectivity index (χ0n) is 16.5. The molecule has 3 rings (SSSR count). The van der Waals surface area contributed by atoms with E-state index in [1.54, 1.807) is 23.1 Å². The summed E-state index contributed by atoms with van der Waals surface area (Å²) in [5.74, 6) is 0.558. The zero-order chi connectivity index (χ0) is 20.8. The Hall–Kier alpha value is -2.93. The average molecular weight is 418 g/mol. The molecule has 154 valence electrons. The van der Waals surface area contributed by atoms with Gasteiger partial charge in [0, 0.05) is 42.5 Å². The number of carbonyl (C=O) groups excluding carboxylic acids is 2. The van der Waals surface area contributed by atoms with E-state index < -0.39 is 0 Å². The van der Waals surface area contributed by atoms with E-state index in [4.69, 9.17) is 21.1 Å². The molecule has 2 aromatic rings. The molecule has 0 aromatic heterocycles. The summed E-state index contributed by atoms with van der Waals surface area (Å²) >= 11 is 6.05. The van der Waals surface area contributed by atoms with Crippen molar-refractivity contribution in [2.24, 2.45) is 0 Å². The molecule has 2 amide bonds. The Bertz CT molecular complexity index is 882. The minimum Gasteiger partial charge on any atom is -0.493 e. The second-order valence-corrected chi connectivity index (χ2v) is 7.04. The minimum absolute atomic E-state index is 0.0512. The molecule has 0 bridgehead atoms. The number of benzene rings is 2. The summed E-state index contributed by atoms with van der Waals surface area (Å²) in [6, 6.07) is 12.6. The molecule has 0 radical (unpaired) electrons. The van der Waals surface area contributed by atoms with Gasteiger partial charge < -0.3 is 24.6 Å². The van der Waals surface area contributed by atoms with Crippen LogP contribution in [-0.4, -0.2) is 63.7 Å². The van der Waals surface area contributed by atoms with Crippen LogP contribution >= 0.6 is 11.6 Å². The molecule has 7 nitrogen and oxygen atoms in total. The number of hydrogen-bond acceptors (Lipinski definition) is 5. The third-order valence-corrected chi connectivity index (χ3v) is 5.09. The molecule has 1 fully saturated rings. The Morgan fingerprint density at radius 1 is 1.00 bits per heavy atom. The molecule has 0 aliphatic carbocycles. The molecule has 0 spiro atoms. The number of piperazine rings is 1. The van der Waals surface area contributed by atoms with Crippen molar-refractivity contribution in [2.45, 2.75) is 0 Å². The van der Waals surface area contributed by atoms with E-state index in [1.165, 1.54) is 14.2 Å². The number of carbonyl (C=O) groups is 2. The van der Waals surface area contributed by atoms with Gasteiger partial charge in [0.2, 0.25) is 5.91 Å². The lowest BCUT2D eigenvalue weighted by Gasteiger charge is -2.36. The van der Waals surface area contributed by atoms with Crippen LogP contribution in [0.3, 0.4) is 0 Å². The van der Waals surface area contributed by atoms with Gasteiger partial charge in [-0.05, 0) is 36.4 Å². The van der Waals surface area contributed by atoms with E-state index in [1.807, 2.05) is 24.3 Å². The van der Waals surface area contributed by atoms with E-state index in [0.717, 1.165) is 18.8 Å². The lowest BCUT2D eigenvalue weighted by atomic mass is 10.2. The number of methoxy groups -OCH3 is 2. The molecule has 1 saturated heterocycles. The largest absolute Gasteiger partial charge is 0.493 e. The van der Waals surface area contributed by atoms with Gasteiger partial charge in [-0.15, -0.1) is 0 Å². The predicted octanol–water partition coefficient (Wildman–Crippen LogP) is 2.44. The number of nitrogens with one attached hydrogen (secondary N) is 1. The molecule has 0 atom stereocenters. The number of halogens is 1. The van der Waals surface area contributed by atoms with Crippen molar-refractivity contribution < 1.29 is 19.1 Å². The normalized spacial score (nSPS) is 13.8. The summed E-state index contributed by atoms with van der Waals surface area (Å²) < 4.78 is 10.4. The molecule has 8 heteroatoms. The Labute approximate surface area is 175 Å². The average Bonchev–Trinajstić information content (AvgIpc) is 2.76. The monoisotopic (exact) mass is 417 g/mol. The van der Waals surface area contributed by atoms with Crippen LogP contribution in [0.25, 0.3) is 0 Å². The second-order valence-electron chi connectivity index (χ2n) is 6.60. The van der Waals surface area contributed by atoms with Gasteiger partial charge in [0.15, 0.2) is 11.5 Å². The van der Waals surface area contributed by atoms with Crippen molar-refractivity contribution in [1.29, 1.82) is 0 Å². The zero-order valence-corrected chi connectivity index (χ0v) is 17.2. The lowest BCUT2D eigenvalue weighted by Crippen LogP contribution is -2.51. The Balaban J connectivity index is 1.50. The van der Waals surface area contributed by atoms with Crippen molar-refractivity contribution in [3.05, 3.63) is 53.1 Å². The van der Waals surface area contributed by atoms with Crippen molar-refractivity contribution >= 4 is 29.1 Å². The molecule has 0 unspecified atom stereocenters. The summed E-state index contributed by atoms with van der Waals surface area (Å²) in [6.45, 7) is 2.57. The number of anilines is 1. The summed E-state index contributed by atoms with van der Waals surface area (Å²) in [6.07, 6.45) is 0. The maximum atomic E-state index is 12.5. The highest BCUT2D eigenvalue weighted by atomic mass is 35.5. The molecule has 1 aliphatic heterocycles. The first-order valence-electron chi connectivity index (χ1n) is 9.30. The number of amides is 2. The van der Waals surface area contributed by atoms with Gasteiger partial charge in [-0.25, -0.2) is 0 Å². The maximum Gasteiger partial charge on any atom is 0.251 e. The van der Waals surface area contributed by atoms with Crippen LogP contribution in [0.5, 0.6) is 11.5 Å². The SMILES string of the molecule is COc1ccc(C(=O)NCC(=O)N2CCN(c3cccc(Cl)c3)CC2)cc1OC. The molecule has 0 saturated carbocycles. The number of nitrogens with zero attached hydrogens (tertiary/aromatic N) is 2. The van der Waals surface area contributed by atoms with Gasteiger partial charge in [0.1, 0.15) is 0 Å². The van der Waals surface area contributed by atoms with Gasteiger partial charge in [-0.2, -0.15) is 0 Å². The Morgan fingerprint density at radius 2 is 1.72 bits per heavy atom. The van der Waals surface area contributed by atoms with Crippen molar-refractivity contribution in [1.82, 2.24) is 10.2 Å². The molecule has 1 heterocycles. The predicted molar refractivity (Wildman–Crippen MR) is 112 cm³/mol. The van der Waals surface area contributed by atoms with Crippen LogP contribution in [0.2, 0.25) is 5.02 Å².